The van der Waals surface area contributed by atoms with E-state index in [9.17, 15) is 0 Å². The van der Waals surface area contributed by atoms with Gasteiger partial charge in [0, 0.05) is 0 Å². The van der Waals surface area contributed by atoms with Gasteiger partial charge in [0.1, 0.15) is 0 Å². The summed E-state index contributed by atoms with van der Waals surface area (Å²) in [4.78, 5) is 0. The standard InChI is InChI=1S/C15H18/c1-2-3-9-14-12-15(14)11-10-13-7-5-4-6-8-13/h2,4-8,10-11,14-15H,1,3,9,12H2/b11-10+/t14?,15-/m0/s1. The summed E-state index contributed by atoms with van der Waals surface area (Å²) in [6.07, 6.45) is 10.5. The average molecular weight is 198 g/mol. The van der Waals surface area contributed by atoms with Gasteiger partial charge in [-0.15, -0.1) is 6.58 Å². The molecule has 0 spiro atoms. The number of hydrogen-bond acceptors (Lipinski definition) is 0. The molecule has 1 aromatic rings. The number of allylic oxidation sites excluding steroid dienone is 2. The highest BCUT2D eigenvalue weighted by Crippen LogP contribution is 2.43. The van der Waals surface area contributed by atoms with Crippen molar-refractivity contribution in [2.45, 2.75) is 19.3 Å². The molecule has 15 heavy (non-hydrogen) atoms. The van der Waals surface area contributed by atoms with Crippen molar-refractivity contribution in [2.75, 3.05) is 0 Å². The first-order valence-corrected chi connectivity index (χ1v) is 5.74. The minimum atomic E-state index is 0.824. The van der Waals surface area contributed by atoms with E-state index in [4.69, 9.17) is 0 Å². The quantitative estimate of drug-likeness (QED) is 0.619. The van der Waals surface area contributed by atoms with Crippen LogP contribution in [0, 0.1) is 11.8 Å². The first-order chi connectivity index (χ1) is 7.40. The Balaban J connectivity index is 1.79. The lowest BCUT2D eigenvalue weighted by Gasteiger charge is -1.93. The van der Waals surface area contributed by atoms with Crippen molar-refractivity contribution in [3.8, 4) is 0 Å². The van der Waals surface area contributed by atoms with Gasteiger partial charge in [0.2, 0.25) is 0 Å². The third-order valence-corrected chi connectivity index (χ3v) is 3.05. The Morgan fingerprint density at radius 2 is 2.07 bits per heavy atom. The lowest BCUT2D eigenvalue weighted by molar-refractivity contribution is 0.709. The minimum Gasteiger partial charge on any atom is -0.103 e. The van der Waals surface area contributed by atoms with Crippen LogP contribution in [-0.4, -0.2) is 0 Å². The van der Waals surface area contributed by atoms with E-state index in [-0.39, 0.29) is 0 Å². The third kappa shape index (κ3) is 3.09. The Bertz CT molecular complexity index is 334. The van der Waals surface area contributed by atoms with Crippen LogP contribution in [0.15, 0.2) is 49.1 Å². The van der Waals surface area contributed by atoms with E-state index in [0.717, 1.165) is 11.8 Å². The van der Waals surface area contributed by atoms with Gasteiger partial charge in [-0.05, 0) is 36.7 Å². The van der Waals surface area contributed by atoms with Crippen molar-refractivity contribution in [3.05, 3.63) is 54.6 Å². The monoisotopic (exact) mass is 198 g/mol. The number of benzene rings is 1. The minimum absolute atomic E-state index is 0.824. The lowest BCUT2D eigenvalue weighted by Crippen LogP contribution is -1.78. The topological polar surface area (TPSA) is 0 Å². The van der Waals surface area contributed by atoms with Crippen molar-refractivity contribution in [1.82, 2.24) is 0 Å². The maximum Gasteiger partial charge on any atom is -0.0199 e. The zero-order valence-electron chi connectivity index (χ0n) is 9.10. The van der Waals surface area contributed by atoms with E-state index >= 15 is 0 Å². The maximum absolute atomic E-state index is 3.76. The Labute approximate surface area is 92.3 Å². The number of hydrogen-bond donors (Lipinski definition) is 0. The van der Waals surface area contributed by atoms with Crippen molar-refractivity contribution in [2.24, 2.45) is 11.8 Å². The SMILES string of the molecule is C=CCCC1C[C@@H]1/C=C/c1ccccc1. The molecule has 0 nitrogen and oxygen atoms in total. The van der Waals surface area contributed by atoms with Crippen molar-refractivity contribution < 1.29 is 0 Å². The molecule has 1 saturated carbocycles. The maximum atomic E-state index is 3.76. The van der Waals surface area contributed by atoms with Crippen LogP contribution in [0.3, 0.4) is 0 Å². The molecule has 0 heteroatoms. The molecule has 1 fully saturated rings. The second-order valence-corrected chi connectivity index (χ2v) is 4.30. The zero-order chi connectivity index (χ0) is 10.5. The summed E-state index contributed by atoms with van der Waals surface area (Å²) < 4.78 is 0. The molecule has 0 bridgehead atoms. The van der Waals surface area contributed by atoms with Crippen LogP contribution >= 0.6 is 0 Å². The van der Waals surface area contributed by atoms with Gasteiger partial charge < -0.3 is 0 Å². The second-order valence-electron chi connectivity index (χ2n) is 4.30. The summed E-state index contributed by atoms with van der Waals surface area (Å²) in [6.45, 7) is 3.76. The first-order valence-electron chi connectivity index (χ1n) is 5.74. The van der Waals surface area contributed by atoms with Gasteiger partial charge in [-0.25, -0.2) is 0 Å². The predicted octanol–water partition coefficient (Wildman–Crippen LogP) is 4.30. The van der Waals surface area contributed by atoms with Crippen LogP contribution in [0.1, 0.15) is 24.8 Å². The molecule has 0 aromatic heterocycles. The Hall–Kier alpha value is -1.30. The Kier molecular flexibility index (Phi) is 3.39. The van der Waals surface area contributed by atoms with Crippen LogP contribution in [0.4, 0.5) is 0 Å². The zero-order valence-corrected chi connectivity index (χ0v) is 9.10. The van der Waals surface area contributed by atoms with Crippen LogP contribution in [0.25, 0.3) is 6.08 Å². The molecule has 0 heterocycles. The van der Waals surface area contributed by atoms with Gasteiger partial charge in [-0.3, -0.25) is 0 Å². The van der Waals surface area contributed by atoms with Gasteiger partial charge in [-0.2, -0.15) is 0 Å². The van der Waals surface area contributed by atoms with E-state index in [1.54, 1.807) is 0 Å². The van der Waals surface area contributed by atoms with Crippen molar-refractivity contribution in [1.29, 1.82) is 0 Å². The molecule has 0 saturated heterocycles. The predicted molar refractivity (Wildman–Crippen MR) is 66.5 cm³/mol. The van der Waals surface area contributed by atoms with Gasteiger partial charge in [-0.1, -0.05) is 48.6 Å². The van der Waals surface area contributed by atoms with Crippen LogP contribution < -0.4 is 0 Å². The van der Waals surface area contributed by atoms with E-state index in [0.29, 0.717) is 0 Å². The van der Waals surface area contributed by atoms with E-state index in [2.05, 4.69) is 49.1 Å². The molecule has 0 N–H and O–H groups in total. The van der Waals surface area contributed by atoms with Gasteiger partial charge in [0.15, 0.2) is 0 Å². The smallest absolute Gasteiger partial charge is 0.0199 e. The fraction of sp³-hybridized carbons (Fsp3) is 0.333. The summed E-state index contributed by atoms with van der Waals surface area (Å²) >= 11 is 0. The van der Waals surface area contributed by atoms with Crippen LogP contribution in [-0.2, 0) is 0 Å². The average Bonchev–Trinajstić information content (AvgIpc) is 3.04. The molecule has 0 radical (unpaired) electrons. The first kappa shape index (κ1) is 10.2. The Morgan fingerprint density at radius 1 is 1.27 bits per heavy atom. The fourth-order valence-electron chi connectivity index (χ4n) is 1.97. The summed E-state index contributed by atoms with van der Waals surface area (Å²) in [5.74, 6) is 1.74. The molecule has 2 rings (SSSR count). The largest absolute Gasteiger partial charge is 0.103 e. The summed E-state index contributed by atoms with van der Waals surface area (Å²) in [5, 5.41) is 0. The summed E-state index contributed by atoms with van der Waals surface area (Å²) in [6, 6.07) is 10.5. The molecular weight excluding hydrogens is 180 g/mol. The normalized spacial score (nSPS) is 24.3. The van der Waals surface area contributed by atoms with E-state index < -0.39 is 0 Å². The molecule has 0 amide bonds. The van der Waals surface area contributed by atoms with Gasteiger partial charge >= 0.3 is 0 Å². The molecule has 0 aliphatic heterocycles. The molecule has 1 aromatic carbocycles. The van der Waals surface area contributed by atoms with Gasteiger partial charge in [0.25, 0.3) is 0 Å². The molecule has 1 aliphatic carbocycles. The van der Waals surface area contributed by atoms with Crippen LogP contribution in [0.2, 0.25) is 0 Å². The second kappa shape index (κ2) is 4.97. The molecule has 1 aliphatic rings. The van der Waals surface area contributed by atoms with Crippen LogP contribution in [0.5, 0.6) is 0 Å². The van der Waals surface area contributed by atoms with Gasteiger partial charge in [0.05, 0.1) is 0 Å². The van der Waals surface area contributed by atoms with E-state index in [1.807, 2.05) is 6.08 Å². The lowest BCUT2D eigenvalue weighted by atomic mass is 10.1. The molecule has 1 unspecified atom stereocenters. The van der Waals surface area contributed by atoms with Crippen molar-refractivity contribution >= 4 is 6.08 Å². The van der Waals surface area contributed by atoms with E-state index in [1.165, 1.54) is 24.8 Å². The Morgan fingerprint density at radius 3 is 2.80 bits per heavy atom. The fourth-order valence-corrected chi connectivity index (χ4v) is 1.97. The molecule has 78 valence electrons. The summed E-state index contributed by atoms with van der Waals surface area (Å²) in [7, 11) is 0. The molecule has 2 atom stereocenters. The highest BCUT2D eigenvalue weighted by Gasteiger charge is 2.33. The number of rotatable bonds is 5. The highest BCUT2D eigenvalue weighted by atomic mass is 14.4. The third-order valence-electron chi connectivity index (χ3n) is 3.05. The molecular formula is C15H18. The van der Waals surface area contributed by atoms with Crippen molar-refractivity contribution in [3.63, 3.8) is 0 Å². The summed E-state index contributed by atoms with van der Waals surface area (Å²) in [5.41, 5.74) is 1.31. The highest BCUT2D eigenvalue weighted by molar-refractivity contribution is 5.49.